The van der Waals surface area contributed by atoms with Crippen LogP contribution in [0.25, 0.3) is 0 Å². The Kier molecular flexibility index (Phi) is 11.2. The van der Waals surface area contributed by atoms with Crippen LogP contribution in [0.1, 0.15) is 5.69 Å². The normalized spacial score (nSPS) is 9.86. The first-order valence-electron chi connectivity index (χ1n) is 2.99. The van der Waals surface area contributed by atoms with Crippen LogP contribution in [0.4, 0.5) is 0 Å². The smallest absolute Gasteiger partial charge is 0.803 e. The van der Waals surface area contributed by atoms with Crippen molar-refractivity contribution < 1.29 is 73.5 Å². The Labute approximate surface area is 130 Å². The predicted molar refractivity (Wildman–Crippen MR) is 40.9 cm³/mol. The maximum atomic E-state index is 10.2. The molecule has 0 spiro atoms. The van der Waals surface area contributed by atoms with Crippen molar-refractivity contribution in [2.75, 3.05) is 0 Å². The van der Waals surface area contributed by atoms with Crippen LogP contribution in [0.5, 0.6) is 0 Å². The minimum Gasteiger partial charge on any atom is -0.803 e. The van der Waals surface area contributed by atoms with Crippen molar-refractivity contribution in [3.05, 3.63) is 24.3 Å². The molecule has 0 aliphatic rings. The molecule has 1 heterocycles. The summed E-state index contributed by atoms with van der Waals surface area (Å²) in [7, 11) is 0. The third kappa shape index (κ3) is 8.85. The van der Waals surface area contributed by atoms with Crippen molar-refractivity contribution in [1.29, 1.82) is 0 Å². The van der Waals surface area contributed by atoms with Gasteiger partial charge in [0.2, 0.25) is 0 Å². The summed E-state index contributed by atoms with van der Waals surface area (Å²) >= 11 is 0.329. The largest absolute Gasteiger partial charge is 1.00 e. The maximum Gasteiger partial charge on any atom is 1.00 e. The minimum atomic E-state index is -4.48. The van der Waals surface area contributed by atoms with E-state index in [9.17, 15) is 14.4 Å². The van der Waals surface area contributed by atoms with Crippen LogP contribution < -0.4 is 68.9 Å². The molecule has 0 aromatic carbocycles. The average molecular weight is 250 g/mol. The molecule has 0 aliphatic carbocycles. The van der Waals surface area contributed by atoms with Gasteiger partial charge in [-0.15, -0.1) is 11.4 Å². The molecule has 0 N–H and O–H groups in total. The third-order valence-corrected chi connectivity index (χ3v) is 3.06. The van der Waals surface area contributed by atoms with Gasteiger partial charge in [0, 0.05) is 24.3 Å². The fourth-order valence-corrected chi connectivity index (χ4v) is 1.86. The Balaban J connectivity index is 0. The van der Waals surface area contributed by atoms with Gasteiger partial charge < -0.3 is 14.4 Å². The Morgan fingerprint density at radius 1 is 1.36 bits per heavy atom. The van der Waals surface area contributed by atoms with Crippen LogP contribution in [-0.2, 0) is 10.3 Å². The Bertz CT molecular complexity index is 296. The average Bonchev–Trinajstić information content (AvgIpc) is 2.02. The van der Waals surface area contributed by atoms with Gasteiger partial charge in [-0.25, -0.2) is 0 Å². The molecule has 0 radical (unpaired) electrons. The molecular weight excluding hydrogens is 245 g/mol. The van der Waals surface area contributed by atoms with E-state index >= 15 is 0 Å². The van der Waals surface area contributed by atoms with Crippen molar-refractivity contribution in [3.8, 4) is 0 Å². The predicted octanol–water partition coefficient (Wildman–Crippen LogP) is -6.45. The summed E-state index contributed by atoms with van der Waals surface area (Å²) in [6.07, 6.45) is 4.33. The number of hydrogen-bond acceptors (Lipinski definition) is 6. The molecule has 0 atom stereocenters. The molecule has 14 heavy (non-hydrogen) atoms. The van der Waals surface area contributed by atoms with Crippen LogP contribution in [0.2, 0.25) is 0 Å². The van der Waals surface area contributed by atoms with E-state index in [2.05, 4.69) is 9.97 Å². The van der Waals surface area contributed by atoms with Gasteiger partial charge in [0.1, 0.15) is 0 Å². The molecule has 0 fully saturated rings. The zero-order valence-electron chi connectivity index (χ0n) is 7.91. The van der Waals surface area contributed by atoms with E-state index in [0.717, 1.165) is 0 Å². The van der Waals surface area contributed by atoms with Gasteiger partial charge >= 0.3 is 59.1 Å². The third-order valence-electron chi connectivity index (χ3n) is 0.987. The van der Waals surface area contributed by atoms with Crippen molar-refractivity contribution in [2.24, 2.45) is 0 Å². The number of rotatable bonds is 3. The van der Waals surface area contributed by atoms with Crippen molar-refractivity contribution in [1.82, 2.24) is 9.97 Å². The van der Waals surface area contributed by atoms with E-state index in [0.29, 0.717) is 17.1 Å². The van der Waals surface area contributed by atoms with E-state index in [1.54, 1.807) is 0 Å². The van der Waals surface area contributed by atoms with Gasteiger partial charge in [-0.2, -0.15) is 0 Å². The zero-order valence-corrected chi connectivity index (χ0v) is 13.6. The molecule has 0 amide bonds. The van der Waals surface area contributed by atoms with E-state index < -0.39 is 6.80 Å². The van der Waals surface area contributed by atoms with Crippen LogP contribution >= 0.6 is 18.2 Å². The summed E-state index contributed by atoms with van der Waals surface area (Å²) < 4.78 is 10.2. The Morgan fingerprint density at radius 2 is 2.00 bits per heavy atom. The van der Waals surface area contributed by atoms with Crippen LogP contribution in [0, 0.1) is 0 Å². The van der Waals surface area contributed by atoms with E-state index in [4.69, 9.17) is 0 Å². The van der Waals surface area contributed by atoms with Crippen LogP contribution in [0.15, 0.2) is 18.6 Å². The second kappa shape index (κ2) is 8.70. The molecule has 1 aromatic heterocycles. The Hall–Kier alpha value is 1.58. The molecule has 0 aliphatic heterocycles. The van der Waals surface area contributed by atoms with Gasteiger partial charge in [-0.1, -0.05) is 0 Å². The second-order valence-corrected chi connectivity index (χ2v) is 5.47. The Morgan fingerprint density at radius 3 is 2.43 bits per heavy atom. The van der Waals surface area contributed by atoms with Crippen LogP contribution in [0.3, 0.4) is 0 Å². The molecule has 0 saturated heterocycles. The molecule has 1 aromatic rings. The SMILES string of the molecule is O=P([O-])([O-])SCc1cnccn1.[Na+].[Na+]. The molecule has 0 bridgehead atoms. The molecule has 9 heteroatoms. The topological polar surface area (TPSA) is 89.0 Å². The monoisotopic (exact) mass is 250 g/mol. The van der Waals surface area contributed by atoms with Gasteiger partial charge in [-0.3, -0.25) is 9.97 Å². The summed E-state index contributed by atoms with van der Waals surface area (Å²) in [5, 5.41) is 0. The van der Waals surface area contributed by atoms with Gasteiger partial charge in [0.15, 0.2) is 0 Å². The van der Waals surface area contributed by atoms with Crippen molar-refractivity contribution in [3.63, 3.8) is 0 Å². The van der Waals surface area contributed by atoms with Gasteiger partial charge in [-0.05, 0) is 6.80 Å². The van der Waals surface area contributed by atoms with Crippen molar-refractivity contribution >= 4 is 18.2 Å². The number of aromatic nitrogens is 2. The number of hydrogen-bond donors (Lipinski definition) is 0. The summed E-state index contributed by atoms with van der Waals surface area (Å²) in [6.45, 7) is -4.48. The fourth-order valence-electron chi connectivity index (χ4n) is 0.550. The molecular formula is C5H5N2Na2O3PS. The quantitative estimate of drug-likeness (QED) is 0.391. The second-order valence-electron chi connectivity index (χ2n) is 1.92. The molecule has 5 nitrogen and oxygen atoms in total. The molecule has 1 rings (SSSR count). The molecule has 66 valence electrons. The standard InChI is InChI=1S/C5H7N2O3PS.2Na/c8-11(9,10)12-4-5-3-6-1-2-7-5;;/h1-3H,4H2,(H2,8,9,10);;/q;2*+1/p-2. The zero-order chi connectivity index (χ0) is 9.03. The maximum absolute atomic E-state index is 10.2. The number of nitrogens with zero attached hydrogens (tertiary/aromatic N) is 2. The first kappa shape index (κ1) is 18.0. The molecule has 0 unspecified atom stereocenters. The van der Waals surface area contributed by atoms with Crippen LogP contribution in [-0.4, -0.2) is 9.97 Å². The fraction of sp³-hybridized carbons (Fsp3) is 0.200. The summed E-state index contributed by atoms with van der Waals surface area (Å²) in [5.74, 6) is 0.0537. The summed E-state index contributed by atoms with van der Waals surface area (Å²) in [5.41, 5.74) is 0.481. The van der Waals surface area contributed by atoms with Gasteiger partial charge in [0.25, 0.3) is 0 Å². The molecule has 0 saturated carbocycles. The summed E-state index contributed by atoms with van der Waals surface area (Å²) in [6, 6.07) is 0. The summed E-state index contributed by atoms with van der Waals surface area (Å²) in [4.78, 5) is 27.9. The minimum absolute atomic E-state index is 0. The van der Waals surface area contributed by atoms with Crippen molar-refractivity contribution in [2.45, 2.75) is 5.75 Å². The van der Waals surface area contributed by atoms with E-state index in [1.165, 1.54) is 18.6 Å². The van der Waals surface area contributed by atoms with E-state index in [1.807, 2.05) is 0 Å². The first-order valence-corrected chi connectivity index (χ1v) is 6.13. The first-order chi connectivity index (χ1) is 5.58. The van der Waals surface area contributed by atoms with Gasteiger partial charge in [0.05, 0.1) is 5.69 Å². The van der Waals surface area contributed by atoms with E-state index in [-0.39, 0.29) is 64.9 Å².